The Hall–Kier alpha value is -1.39. The van der Waals surface area contributed by atoms with Crippen LogP contribution in [0, 0.1) is 0 Å². The summed E-state index contributed by atoms with van der Waals surface area (Å²) >= 11 is 0. The maximum absolute atomic E-state index is 11.6. The SMILES string of the molecule is CCC(=O)c1ccc(NCC2CN(CC)CCO2)cc1. The molecule has 1 aliphatic heterocycles. The number of hydrogen-bond donors (Lipinski definition) is 1. The van der Waals surface area contributed by atoms with Gasteiger partial charge in [-0.2, -0.15) is 0 Å². The Kier molecular flexibility index (Phi) is 5.56. The molecule has 0 aromatic heterocycles. The second-order valence-corrected chi connectivity index (χ2v) is 5.12. The lowest BCUT2D eigenvalue weighted by Crippen LogP contribution is -2.45. The fourth-order valence-electron chi connectivity index (χ4n) is 2.40. The number of likely N-dealkylation sites (N-methyl/N-ethyl adjacent to an activating group) is 1. The lowest BCUT2D eigenvalue weighted by Gasteiger charge is -2.32. The third-order valence-corrected chi connectivity index (χ3v) is 3.73. The minimum absolute atomic E-state index is 0.186. The van der Waals surface area contributed by atoms with Crippen molar-refractivity contribution in [3.8, 4) is 0 Å². The van der Waals surface area contributed by atoms with Crippen molar-refractivity contribution in [2.24, 2.45) is 0 Å². The van der Waals surface area contributed by atoms with Gasteiger partial charge in [0.2, 0.25) is 0 Å². The number of benzene rings is 1. The highest BCUT2D eigenvalue weighted by atomic mass is 16.5. The van der Waals surface area contributed by atoms with E-state index >= 15 is 0 Å². The molecule has 1 unspecified atom stereocenters. The van der Waals surface area contributed by atoms with E-state index < -0.39 is 0 Å². The van der Waals surface area contributed by atoms with Crippen molar-refractivity contribution in [2.45, 2.75) is 26.4 Å². The molecule has 4 nitrogen and oxygen atoms in total. The fraction of sp³-hybridized carbons (Fsp3) is 0.562. The molecule has 0 bridgehead atoms. The molecule has 1 N–H and O–H groups in total. The number of Topliss-reactive ketones (excluding diaryl/α,β-unsaturated/α-hetero) is 1. The number of carbonyl (C=O) groups excluding carboxylic acids is 1. The number of anilines is 1. The van der Waals surface area contributed by atoms with Crippen molar-refractivity contribution >= 4 is 11.5 Å². The van der Waals surface area contributed by atoms with E-state index in [2.05, 4.69) is 17.1 Å². The maximum atomic E-state index is 11.6. The summed E-state index contributed by atoms with van der Waals surface area (Å²) in [5, 5.41) is 3.38. The van der Waals surface area contributed by atoms with Gasteiger partial charge >= 0.3 is 0 Å². The highest BCUT2D eigenvalue weighted by molar-refractivity contribution is 5.96. The van der Waals surface area contributed by atoms with Crippen molar-refractivity contribution in [2.75, 3.05) is 38.1 Å². The van der Waals surface area contributed by atoms with Crippen LogP contribution in [0.4, 0.5) is 5.69 Å². The Morgan fingerprint density at radius 1 is 1.35 bits per heavy atom. The van der Waals surface area contributed by atoms with Crippen LogP contribution >= 0.6 is 0 Å². The molecule has 0 spiro atoms. The Labute approximate surface area is 121 Å². The maximum Gasteiger partial charge on any atom is 0.162 e. The highest BCUT2D eigenvalue weighted by Crippen LogP contribution is 2.12. The molecule has 0 aliphatic carbocycles. The third kappa shape index (κ3) is 4.05. The lowest BCUT2D eigenvalue weighted by atomic mass is 10.1. The van der Waals surface area contributed by atoms with Crippen molar-refractivity contribution in [3.63, 3.8) is 0 Å². The number of nitrogens with zero attached hydrogens (tertiary/aromatic N) is 1. The summed E-state index contributed by atoms with van der Waals surface area (Å²) in [6.07, 6.45) is 0.788. The second kappa shape index (κ2) is 7.41. The first-order valence-electron chi connectivity index (χ1n) is 7.44. The molecule has 0 radical (unpaired) electrons. The molecule has 1 heterocycles. The van der Waals surface area contributed by atoms with E-state index in [1.807, 2.05) is 31.2 Å². The zero-order chi connectivity index (χ0) is 14.4. The quantitative estimate of drug-likeness (QED) is 0.810. The number of nitrogens with one attached hydrogen (secondary N) is 1. The van der Waals surface area contributed by atoms with Crippen LogP contribution in [0.2, 0.25) is 0 Å². The summed E-state index contributed by atoms with van der Waals surface area (Å²) in [6, 6.07) is 7.69. The molecule has 2 rings (SSSR count). The zero-order valence-electron chi connectivity index (χ0n) is 12.4. The molecule has 1 fully saturated rings. The fourth-order valence-corrected chi connectivity index (χ4v) is 2.40. The van der Waals surface area contributed by atoms with E-state index in [-0.39, 0.29) is 11.9 Å². The van der Waals surface area contributed by atoms with Crippen LogP contribution in [0.3, 0.4) is 0 Å². The molecule has 1 saturated heterocycles. The lowest BCUT2D eigenvalue weighted by molar-refractivity contribution is -0.0191. The van der Waals surface area contributed by atoms with E-state index in [4.69, 9.17) is 4.74 Å². The Morgan fingerprint density at radius 2 is 2.10 bits per heavy atom. The summed E-state index contributed by atoms with van der Waals surface area (Å²) in [5.41, 5.74) is 1.82. The molecule has 20 heavy (non-hydrogen) atoms. The van der Waals surface area contributed by atoms with Crippen molar-refractivity contribution < 1.29 is 9.53 Å². The predicted octanol–water partition coefficient (Wildman–Crippen LogP) is 2.41. The summed E-state index contributed by atoms with van der Waals surface area (Å²) < 4.78 is 5.75. The first-order chi connectivity index (χ1) is 9.72. The number of hydrogen-bond acceptors (Lipinski definition) is 4. The van der Waals surface area contributed by atoms with Crippen molar-refractivity contribution in [3.05, 3.63) is 29.8 Å². The number of ether oxygens (including phenoxy) is 1. The van der Waals surface area contributed by atoms with Gasteiger partial charge in [-0.15, -0.1) is 0 Å². The third-order valence-electron chi connectivity index (χ3n) is 3.73. The van der Waals surface area contributed by atoms with Crippen LogP contribution in [0.1, 0.15) is 30.6 Å². The minimum atomic E-state index is 0.186. The molecule has 4 heteroatoms. The van der Waals surface area contributed by atoms with Crippen LogP contribution in [0.25, 0.3) is 0 Å². The normalized spacial score (nSPS) is 19.8. The van der Waals surface area contributed by atoms with E-state index in [9.17, 15) is 4.79 Å². The minimum Gasteiger partial charge on any atom is -0.382 e. The average molecular weight is 276 g/mol. The first kappa shape index (κ1) is 15.0. The molecule has 0 saturated carbocycles. The van der Waals surface area contributed by atoms with Gasteiger partial charge < -0.3 is 10.1 Å². The Balaban J connectivity index is 1.83. The topological polar surface area (TPSA) is 41.6 Å². The zero-order valence-corrected chi connectivity index (χ0v) is 12.4. The van der Waals surface area contributed by atoms with Crippen molar-refractivity contribution in [1.82, 2.24) is 4.90 Å². The number of carbonyl (C=O) groups is 1. The molecule has 1 aromatic carbocycles. The van der Waals surface area contributed by atoms with E-state index in [0.29, 0.717) is 6.42 Å². The Morgan fingerprint density at radius 3 is 2.75 bits per heavy atom. The number of rotatable bonds is 6. The van der Waals surface area contributed by atoms with Gasteiger partial charge in [0, 0.05) is 37.3 Å². The molecular weight excluding hydrogens is 252 g/mol. The van der Waals surface area contributed by atoms with Crippen LogP contribution in [-0.2, 0) is 4.74 Å². The highest BCUT2D eigenvalue weighted by Gasteiger charge is 2.18. The summed E-state index contributed by atoms with van der Waals surface area (Å²) in [7, 11) is 0. The van der Waals surface area contributed by atoms with Gasteiger partial charge in [-0.25, -0.2) is 0 Å². The van der Waals surface area contributed by atoms with E-state index in [0.717, 1.165) is 44.0 Å². The van der Waals surface area contributed by atoms with Gasteiger partial charge in [0.25, 0.3) is 0 Å². The first-order valence-corrected chi connectivity index (χ1v) is 7.44. The van der Waals surface area contributed by atoms with Crippen LogP contribution < -0.4 is 5.32 Å². The molecule has 0 amide bonds. The van der Waals surface area contributed by atoms with Gasteiger partial charge in [0.05, 0.1) is 12.7 Å². The smallest absolute Gasteiger partial charge is 0.162 e. The van der Waals surface area contributed by atoms with Gasteiger partial charge in [-0.05, 0) is 30.8 Å². The number of morpholine rings is 1. The van der Waals surface area contributed by atoms with Crippen molar-refractivity contribution in [1.29, 1.82) is 0 Å². The van der Waals surface area contributed by atoms with E-state index in [1.165, 1.54) is 0 Å². The largest absolute Gasteiger partial charge is 0.382 e. The predicted molar refractivity (Wildman–Crippen MR) is 81.4 cm³/mol. The van der Waals surface area contributed by atoms with Gasteiger partial charge in [0.1, 0.15) is 0 Å². The molecular formula is C16H24N2O2. The average Bonchev–Trinajstić information content (AvgIpc) is 2.53. The van der Waals surface area contributed by atoms with Crippen LogP contribution in [-0.4, -0.2) is 49.6 Å². The second-order valence-electron chi connectivity index (χ2n) is 5.12. The standard InChI is InChI=1S/C16H24N2O2/c1-3-16(19)13-5-7-14(8-6-13)17-11-15-12-18(4-2)9-10-20-15/h5-8,15,17H,3-4,9-12H2,1-2H3. The molecule has 1 aliphatic rings. The summed E-state index contributed by atoms with van der Waals surface area (Å²) in [6.45, 7) is 8.76. The molecule has 110 valence electrons. The van der Waals surface area contributed by atoms with Gasteiger partial charge in [-0.1, -0.05) is 13.8 Å². The Bertz CT molecular complexity index is 431. The summed E-state index contributed by atoms with van der Waals surface area (Å²) in [5.74, 6) is 0.186. The number of ketones is 1. The van der Waals surface area contributed by atoms with Gasteiger partial charge in [0.15, 0.2) is 5.78 Å². The van der Waals surface area contributed by atoms with Gasteiger partial charge in [-0.3, -0.25) is 9.69 Å². The monoisotopic (exact) mass is 276 g/mol. The molecule has 1 aromatic rings. The van der Waals surface area contributed by atoms with Crippen LogP contribution in [0.5, 0.6) is 0 Å². The molecule has 1 atom stereocenters. The van der Waals surface area contributed by atoms with E-state index in [1.54, 1.807) is 0 Å². The van der Waals surface area contributed by atoms with Crippen LogP contribution in [0.15, 0.2) is 24.3 Å². The summed E-state index contributed by atoms with van der Waals surface area (Å²) in [4.78, 5) is 14.0.